The quantitative estimate of drug-likeness (QED) is 0.858. The summed E-state index contributed by atoms with van der Waals surface area (Å²) in [5, 5.41) is 20.3. The number of nitrogens with zero attached hydrogens (tertiary/aromatic N) is 3. The van der Waals surface area contributed by atoms with Gasteiger partial charge in [0, 0.05) is 6.04 Å². The number of aromatic nitrogens is 3. The van der Waals surface area contributed by atoms with Gasteiger partial charge in [0.15, 0.2) is 11.0 Å². The van der Waals surface area contributed by atoms with Crippen LogP contribution in [-0.4, -0.2) is 31.6 Å². The van der Waals surface area contributed by atoms with Crippen LogP contribution in [0.25, 0.3) is 10.7 Å². The number of hydrogen-bond donors (Lipinski definition) is 1. The average Bonchev–Trinajstić information content (AvgIpc) is 2.98. The van der Waals surface area contributed by atoms with Crippen LogP contribution in [0, 0.1) is 0 Å². The summed E-state index contributed by atoms with van der Waals surface area (Å²) in [6.45, 7) is 0. The van der Waals surface area contributed by atoms with E-state index in [1.165, 1.54) is 23.1 Å². The van der Waals surface area contributed by atoms with Gasteiger partial charge in [0.2, 0.25) is 0 Å². The lowest BCUT2D eigenvalue weighted by Crippen LogP contribution is -2.03. The first-order valence-corrected chi connectivity index (χ1v) is 7.94. The van der Waals surface area contributed by atoms with Gasteiger partial charge in [-0.2, -0.15) is 0 Å². The predicted molar refractivity (Wildman–Crippen MR) is 75.0 cm³/mol. The van der Waals surface area contributed by atoms with Crippen LogP contribution >= 0.6 is 34.7 Å². The van der Waals surface area contributed by atoms with Gasteiger partial charge in [-0.3, -0.25) is 9.36 Å². The summed E-state index contributed by atoms with van der Waals surface area (Å²) < 4.78 is 2.02. The van der Waals surface area contributed by atoms with Gasteiger partial charge in [0.1, 0.15) is 0 Å². The van der Waals surface area contributed by atoms with E-state index in [1.807, 2.05) is 16.0 Å². The van der Waals surface area contributed by atoms with Gasteiger partial charge < -0.3 is 5.11 Å². The van der Waals surface area contributed by atoms with Gasteiger partial charge in [0.05, 0.1) is 15.7 Å². The molecular formula is C11H10ClN3O2S2. The second kappa shape index (κ2) is 5.15. The summed E-state index contributed by atoms with van der Waals surface area (Å²) in [6, 6.07) is 2.21. The van der Waals surface area contributed by atoms with E-state index in [9.17, 15) is 4.79 Å². The zero-order chi connectivity index (χ0) is 13.4. The maximum Gasteiger partial charge on any atom is 0.313 e. The minimum atomic E-state index is -0.856. The second-order valence-corrected chi connectivity index (χ2v) is 6.45. The van der Waals surface area contributed by atoms with Gasteiger partial charge in [-0.1, -0.05) is 23.4 Å². The lowest BCUT2D eigenvalue weighted by atomic mass is 10.4. The fourth-order valence-corrected chi connectivity index (χ4v) is 3.62. The van der Waals surface area contributed by atoms with Gasteiger partial charge in [0.25, 0.3) is 0 Å². The molecule has 19 heavy (non-hydrogen) atoms. The van der Waals surface area contributed by atoms with Gasteiger partial charge in [-0.15, -0.1) is 21.5 Å². The Balaban J connectivity index is 1.97. The monoisotopic (exact) mass is 315 g/mol. The minimum absolute atomic E-state index is 0.0109. The van der Waals surface area contributed by atoms with Crippen molar-refractivity contribution in [3.8, 4) is 10.7 Å². The maximum atomic E-state index is 10.7. The Morgan fingerprint density at radius 2 is 2.37 bits per heavy atom. The predicted octanol–water partition coefficient (Wildman–Crippen LogP) is 3.17. The topological polar surface area (TPSA) is 68.0 Å². The molecule has 1 aliphatic carbocycles. The molecule has 8 heteroatoms. The van der Waals surface area contributed by atoms with E-state index in [4.69, 9.17) is 16.7 Å². The molecule has 1 saturated carbocycles. The Labute approximate surface area is 122 Å². The number of carbonyl (C=O) groups is 1. The molecule has 1 N–H and O–H groups in total. The first-order valence-electron chi connectivity index (χ1n) is 5.69. The van der Waals surface area contributed by atoms with Crippen LogP contribution < -0.4 is 0 Å². The molecule has 2 aromatic heterocycles. The number of carboxylic acids is 1. The minimum Gasteiger partial charge on any atom is -0.481 e. The molecule has 5 nitrogen and oxygen atoms in total. The van der Waals surface area contributed by atoms with Crippen molar-refractivity contribution in [2.24, 2.45) is 0 Å². The summed E-state index contributed by atoms with van der Waals surface area (Å²) >= 11 is 8.85. The van der Waals surface area contributed by atoms with E-state index >= 15 is 0 Å². The van der Waals surface area contributed by atoms with Crippen molar-refractivity contribution < 1.29 is 9.90 Å². The third-order valence-electron chi connectivity index (χ3n) is 2.72. The number of thioether (sulfide) groups is 1. The number of thiophene rings is 1. The third-order valence-corrected chi connectivity index (χ3v) is 4.99. The van der Waals surface area contributed by atoms with E-state index in [2.05, 4.69) is 10.2 Å². The SMILES string of the molecule is O=C(O)CSc1nnc(-c2sccc2Cl)n1C1CC1. The van der Waals surface area contributed by atoms with Crippen LogP contribution in [0.2, 0.25) is 5.02 Å². The van der Waals surface area contributed by atoms with Gasteiger partial charge in [-0.25, -0.2) is 0 Å². The number of carboxylic acid groups (broad SMARTS) is 1. The number of rotatable bonds is 5. The summed E-state index contributed by atoms with van der Waals surface area (Å²) in [7, 11) is 0. The van der Waals surface area contributed by atoms with Crippen LogP contribution in [0.15, 0.2) is 16.6 Å². The number of hydrogen-bond acceptors (Lipinski definition) is 5. The van der Waals surface area contributed by atoms with Crippen molar-refractivity contribution in [3.05, 3.63) is 16.5 Å². The average molecular weight is 316 g/mol. The molecule has 0 bridgehead atoms. The molecule has 0 aromatic carbocycles. The maximum absolute atomic E-state index is 10.7. The standard InChI is InChI=1S/C11H10ClN3O2S2/c12-7-3-4-18-9(7)10-13-14-11(19-5-8(16)17)15(10)6-1-2-6/h3-4,6H,1-2,5H2,(H,16,17). The summed E-state index contributed by atoms with van der Waals surface area (Å²) in [4.78, 5) is 11.6. The Morgan fingerprint density at radius 3 is 2.95 bits per heavy atom. The second-order valence-electron chi connectivity index (χ2n) is 4.19. The highest BCUT2D eigenvalue weighted by molar-refractivity contribution is 7.99. The van der Waals surface area contributed by atoms with Crippen LogP contribution in [0.5, 0.6) is 0 Å². The van der Waals surface area contributed by atoms with Crippen LogP contribution in [-0.2, 0) is 4.79 Å². The molecule has 0 atom stereocenters. The molecule has 0 spiro atoms. The van der Waals surface area contributed by atoms with E-state index in [-0.39, 0.29) is 5.75 Å². The van der Waals surface area contributed by atoms with Crippen LogP contribution in [0.3, 0.4) is 0 Å². The van der Waals surface area contributed by atoms with E-state index in [0.29, 0.717) is 16.2 Å². The largest absolute Gasteiger partial charge is 0.481 e. The zero-order valence-electron chi connectivity index (χ0n) is 9.74. The van der Waals surface area contributed by atoms with Crippen LogP contribution in [0.1, 0.15) is 18.9 Å². The first-order chi connectivity index (χ1) is 9.16. The van der Waals surface area contributed by atoms with Crippen molar-refractivity contribution in [2.75, 3.05) is 5.75 Å². The highest BCUT2D eigenvalue weighted by Gasteiger charge is 2.31. The lowest BCUT2D eigenvalue weighted by Gasteiger charge is -2.06. The van der Waals surface area contributed by atoms with E-state index in [1.54, 1.807) is 0 Å². The van der Waals surface area contributed by atoms with Crippen molar-refractivity contribution >= 4 is 40.7 Å². The molecule has 0 radical (unpaired) electrons. The first kappa shape index (κ1) is 13.0. The molecule has 0 aliphatic heterocycles. The molecule has 0 saturated heterocycles. The Kier molecular flexibility index (Phi) is 3.51. The van der Waals surface area contributed by atoms with Crippen LogP contribution in [0.4, 0.5) is 0 Å². The van der Waals surface area contributed by atoms with Crippen molar-refractivity contribution in [2.45, 2.75) is 24.0 Å². The summed E-state index contributed by atoms with van der Waals surface area (Å²) in [6.07, 6.45) is 2.16. The third kappa shape index (κ3) is 2.63. The Bertz CT molecular complexity index is 621. The van der Waals surface area contributed by atoms with Crippen molar-refractivity contribution in [3.63, 3.8) is 0 Å². The smallest absolute Gasteiger partial charge is 0.313 e. The fraction of sp³-hybridized carbons (Fsp3) is 0.364. The van der Waals surface area contributed by atoms with E-state index < -0.39 is 5.97 Å². The number of aliphatic carboxylic acids is 1. The molecule has 3 rings (SSSR count). The molecule has 2 heterocycles. The molecule has 1 fully saturated rings. The van der Waals surface area contributed by atoms with Gasteiger partial charge in [-0.05, 0) is 24.3 Å². The molecule has 2 aromatic rings. The Hall–Kier alpha value is -1.05. The van der Waals surface area contributed by atoms with Crippen molar-refractivity contribution in [1.82, 2.24) is 14.8 Å². The lowest BCUT2D eigenvalue weighted by molar-refractivity contribution is -0.133. The van der Waals surface area contributed by atoms with Gasteiger partial charge >= 0.3 is 5.97 Å². The molecule has 1 aliphatic rings. The summed E-state index contributed by atoms with van der Waals surface area (Å²) in [5.41, 5.74) is 0. The zero-order valence-corrected chi connectivity index (χ0v) is 12.1. The molecule has 0 unspecified atom stereocenters. The summed E-state index contributed by atoms with van der Waals surface area (Å²) in [5.74, 6) is -0.121. The molecule has 0 amide bonds. The fourth-order valence-electron chi connectivity index (χ4n) is 1.77. The van der Waals surface area contributed by atoms with Crippen molar-refractivity contribution in [1.29, 1.82) is 0 Å². The van der Waals surface area contributed by atoms with E-state index in [0.717, 1.165) is 23.5 Å². The highest BCUT2D eigenvalue weighted by atomic mass is 35.5. The number of halogens is 1. The molecule has 100 valence electrons. The highest BCUT2D eigenvalue weighted by Crippen LogP contribution is 2.43. The normalized spacial score (nSPS) is 14.8. The molecular weight excluding hydrogens is 306 g/mol. The Morgan fingerprint density at radius 1 is 1.58 bits per heavy atom.